The molecule has 2 aliphatic heterocycles. The van der Waals surface area contributed by atoms with E-state index in [1.54, 1.807) is 4.72 Å². The zero-order valence-electron chi connectivity index (χ0n) is 12.9. The van der Waals surface area contributed by atoms with Gasteiger partial charge in [0.15, 0.2) is 5.82 Å². The number of halogens is 1. The van der Waals surface area contributed by atoms with E-state index in [1.165, 1.54) is 6.07 Å². The Hall–Kier alpha value is -1.91. The van der Waals surface area contributed by atoms with Crippen LogP contribution in [0.2, 0.25) is 0 Å². The number of anilines is 1. The Morgan fingerprint density at radius 3 is 2.79 bits per heavy atom. The summed E-state index contributed by atoms with van der Waals surface area (Å²) in [5, 5.41) is 16.6. The number of carbonyl (C=O) groups excluding carboxylic acids is 1. The molecule has 1 amide bonds. The fourth-order valence-electron chi connectivity index (χ4n) is 2.92. The van der Waals surface area contributed by atoms with Gasteiger partial charge in [-0.3, -0.25) is 4.79 Å². The van der Waals surface area contributed by atoms with Crippen molar-refractivity contribution in [2.75, 3.05) is 23.9 Å². The summed E-state index contributed by atoms with van der Waals surface area (Å²) in [6.07, 6.45) is 2.07. The molecule has 10 heteroatoms. The van der Waals surface area contributed by atoms with Gasteiger partial charge in [-0.05, 0) is 37.1 Å². The maximum Gasteiger partial charge on any atom is 0.326 e. The van der Waals surface area contributed by atoms with Crippen LogP contribution in [-0.4, -0.2) is 45.1 Å². The quantitative estimate of drug-likeness (QED) is 0.580. The molecule has 132 valence electrons. The Morgan fingerprint density at radius 2 is 2.21 bits per heavy atom. The smallest absolute Gasteiger partial charge is 0.326 e. The lowest BCUT2D eigenvalue weighted by Gasteiger charge is -2.24. The summed E-state index contributed by atoms with van der Waals surface area (Å²) < 4.78 is 40.2. The van der Waals surface area contributed by atoms with Gasteiger partial charge >= 0.3 is 10.2 Å². The summed E-state index contributed by atoms with van der Waals surface area (Å²) in [5.74, 6) is -2.19. The first-order valence-corrected chi connectivity index (χ1v) is 9.09. The van der Waals surface area contributed by atoms with Gasteiger partial charge in [-0.25, -0.2) is 13.4 Å². The highest BCUT2D eigenvalue weighted by Gasteiger charge is 2.37. The molecule has 2 saturated heterocycles. The molecule has 0 spiro atoms. The molecule has 0 radical (unpaired) electrons. The molecule has 0 aliphatic carbocycles. The van der Waals surface area contributed by atoms with E-state index in [2.05, 4.69) is 10.6 Å². The molecule has 4 N–H and O–H groups in total. The van der Waals surface area contributed by atoms with E-state index in [1.807, 2.05) is 0 Å². The first kappa shape index (κ1) is 16.9. The van der Waals surface area contributed by atoms with Gasteiger partial charge in [0.2, 0.25) is 0 Å². The number of benzene rings is 1. The molecule has 8 nitrogen and oxygen atoms in total. The molecule has 1 atom stereocenters. The highest BCUT2D eigenvalue weighted by atomic mass is 32.2. The van der Waals surface area contributed by atoms with Gasteiger partial charge in [0.05, 0.1) is 0 Å². The minimum Gasteiger partial charge on any atom is -0.506 e. The molecule has 0 bridgehead atoms. The van der Waals surface area contributed by atoms with Gasteiger partial charge in [-0.2, -0.15) is 8.42 Å². The van der Waals surface area contributed by atoms with Crippen molar-refractivity contribution in [3.05, 3.63) is 23.5 Å². The standard InChI is InChI=1S/C14H19FN4O4S/c15-11-4-9(6-17-10-2-1-3-16-7-10)5-12(20)14(11)19-8-13(21)18-24(19,22)23/h4-5,10,16-17,20H,1-3,6-8H2,(H,18,21)/t10-/m1/s1. The summed E-state index contributed by atoms with van der Waals surface area (Å²) in [6.45, 7) is 1.60. The van der Waals surface area contributed by atoms with Crippen LogP contribution in [0.1, 0.15) is 18.4 Å². The van der Waals surface area contributed by atoms with E-state index in [4.69, 9.17) is 0 Å². The molecule has 24 heavy (non-hydrogen) atoms. The first-order chi connectivity index (χ1) is 11.4. The third-order valence-electron chi connectivity index (χ3n) is 4.06. The second kappa shape index (κ2) is 6.54. The summed E-state index contributed by atoms with van der Waals surface area (Å²) in [6, 6.07) is 2.74. The highest BCUT2D eigenvalue weighted by Crippen LogP contribution is 2.34. The van der Waals surface area contributed by atoms with E-state index in [0.29, 0.717) is 16.4 Å². The predicted octanol–water partition coefficient (Wildman–Crippen LogP) is -0.446. The van der Waals surface area contributed by atoms with Gasteiger partial charge in [-0.1, -0.05) is 0 Å². The van der Waals surface area contributed by atoms with E-state index in [9.17, 15) is 22.7 Å². The van der Waals surface area contributed by atoms with Gasteiger partial charge in [0.1, 0.15) is 18.0 Å². The average Bonchev–Trinajstić information content (AvgIpc) is 2.78. The molecule has 0 aromatic heterocycles. The lowest BCUT2D eigenvalue weighted by atomic mass is 10.1. The van der Waals surface area contributed by atoms with Gasteiger partial charge in [0, 0.05) is 19.1 Å². The van der Waals surface area contributed by atoms with E-state index in [0.717, 1.165) is 32.0 Å². The third kappa shape index (κ3) is 3.45. The Labute approximate surface area is 139 Å². The van der Waals surface area contributed by atoms with Crippen LogP contribution in [-0.2, 0) is 21.5 Å². The molecule has 2 aliphatic rings. The Kier molecular flexibility index (Phi) is 4.61. The molecule has 0 unspecified atom stereocenters. The zero-order chi connectivity index (χ0) is 17.3. The van der Waals surface area contributed by atoms with Crippen LogP contribution >= 0.6 is 0 Å². The number of hydrogen-bond acceptors (Lipinski definition) is 6. The number of carbonyl (C=O) groups is 1. The van der Waals surface area contributed by atoms with Crippen molar-refractivity contribution in [2.24, 2.45) is 0 Å². The number of amides is 1. The molecule has 2 heterocycles. The Balaban J connectivity index is 1.77. The molecule has 2 fully saturated rings. The summed E-state index contributed by atoms with van der Waals surface area (Å²) >= 11 is 0. The van der Waals surface area contributed by atoms with Crippen molar-refractivity contribution in [3.63, 3.8) is 0 Å². The second-order valence-electron chi connectivity index (χ2n) is 5.91. The third-order valence-corrected chi connectivity index (χ3v) is 5.44. The number of phenols is 1. The second-order valence-corrected chi connectivity index (χ2v) is 7.50. The van der Waals surface area contributed by atoms with Crippen LogP contribution in [0.5, 0.6) is 5.75 Å². The number of piperidine rings is 1. The number of rotatable bonds is 4. The number of nitrogens with one attached hydrogen (secondary N) is 3. The zero-order valence-corrected chi connectivity index (χ0v) is 13.7. The molecular weight excluding hydrogens is 339 g/mol. The van der Waals surface area contributed by atoms with Crippen molar-refractivity contribution in [1.29, 1.82) is 0 Å². The molecule has 3 rings (SSSR count). The monoisotopic (exact) mass is 358 g/mol. The number of nitrogens with zero attached hydrogens (tertiary/aromatic N) is 1. The lowest BCUT2D eigenvalue weighted by Crippen LogP contribution is -2.42. The van der Waals surface area contributed by atoms with Gasteiger partial charge in [-0.15, -0.1) is 0 Å². The normalized spacial score (nSPS) is 23.3. The summed E-state index contributed by atoms with van der Waals surface area (Å²) in [4.78, 5) is 11.3. The summed E-state index contributed by atoms with van der Waals surface area (Å²) in [7, 11) is -4.17. The van der Waals surface area contributed by atoms with Crippen LogP contribution in [0.25, 0.3) is 0 Å². The molecular formula is C14H19FN4O4S. The number of aromatic hydroxyl groups is 1. The Bertz CT molecular complexity index is 726. The number of phenolic OH excluding ortho intramolecular Hbond substituents is 1. The predicted molar refractivity (Wildman–Crippen MR) is 85.2 cm³/mol. The SMILES string of the molecule is O=C1CN(c2c(O)cc(CN[C@@H]3CCCNC3)cc2F)S(=O)(=O)N1. The van der Waals surface area contributed by atoms with E-state index < -0.39 is 39.9 Å². The molecule has 1 aromatic carbocycles. The molecule has 1 aromatic rings. The lowest BCUT2D eigenvalue weighted by molar-refractivity contribution is -0.117. The van der Waals surface area contributed by atoms with Crippen LogP contribution in [0.4, 0.5) is 10.1 Å². The van der Waals surface area contributed by atoms with Crippen molar-refractivity contribution < 1.29 is 22.7 Å². The maximum absolute atomic E-state index is 14.4. The van der Waals surface area contributed by atoms with E-state index in [-0.39, 0.29) is 6.04 Å². The highest BCUT2D eigenvalue weighted by molar-refractivity contribution is 7.92. The average molecular weight is 358 g/mol. The van der Waals surface area contributed by atoms with E-state index >= 15 is 0 Å². The van der Waals surface area contributed by atoms with Crippen LogP contribution in [0.15, 0.2) is 12.1 Å². The minimum atomic E-state index is -4.17. The fraction of sp³-hybridized carbons (Fsp3) is 0.500. The maximum atomic E-state index is 14.4. The summed E-state index contributed by atoms with van der Waals surface area (Å²) in [5.41, 5.74) is -0.0216. The van der Waals surface area contributed by atoms with Crippen LogP contribution in [0, 0.1) is 5.82 Å². The van der Waals surface area contributed by atoms with Crippen molar-refractivity contribution in [1.82, 2.24) is 15.4 Å². The first-order valence-electron chi connectivity index (χ1n) is 7.65. The van der Waals surface area contributed by atoms with Crippen LogP contribution in [0.3, 0.4) is 0 Å². The van der Waals surface area contributed by atoms with Crippen molar-refractivity contribution in [3.8, 4) is 5.75 Å². The molecule has 0 saturated carbocycles. The number of hydrogen-bond donors (Lipinski definition) is 4. The van der Waals surface area contributed by atoms with Gasteiger partial charge < -0.3 is 15.7 Å². The Morgan fingerprint density at radius 1 is 1.42 bits per heavy atom. The van der Waals surface area contributed by atoms with Gasteiger partial charge in [0.25, 0.3) is 5.91 Å². The van der Waals surface area contributed by atoms with Crippen molar-refractivity contribution >= 4 is 21.8 Å². The van der Waals surface area contributed by atoms with Crippen molar-refractivity contribution in [2.45, 2.75) is 25.4 Å². The van der Waals surface area contributed by atoms with Crippen LogP contribution < -0.4 is 19.7 Å². The largest absolute Gasteiger partial charge is 0.506 e. The minimum absolute atomic E-state index is 0.268. The fourth-order valence-corrected chi connectivity index (χ4v) is 4.09. The topological polar surface area (TPSA) is 111 Å².